The van der Waals surface area contributed by atoms with Crippen molar-refractivity contribution < 1.29 is 9.94 Å². The minimum Gasteiger partial charge on any atom is -0.493 e. The van der Waals surface area contributed by atoms with E-state index in [1.807, 2.05) is 13.0 Å². The molecule has 0 aromatic heterocycles. The van der Waals surface area contributed by atoms with Gasteiger partial charge in [0.2, 0.25) is 0 Å². The zero-order chi connectivity index (χ0) is 13.1. The minimum atomic E-state index is -0.189. The topological polar surface area (TPSA) is 79.9 Å². The largest absolute Gasteiger partial charge is 0.493 e. The molecule has 0 spiro atoms. The van der Waals surface area contributed by atoms with E-state index in [1.165, 1.54) is 5.56 Å². The maximum absolute atomic E-state index is 8.59. The zero-order valence-corrected chi connectivity index (χ0v) is 11.7. The molecular formula is C12H16BrN3O2. The third-order valence-electron chi connectivity index (χ3n) is 2.98. The zero-order valence-electron chi connectivity index (χ0n) is 10.1. The highest BCUT2D eigenvalue weighted by atomic mass is 79.9. The number of hydrogen-bond acceptors (Lipinski definition) is 4. The van der Waals surface area contributed by atoms with Crippen LogP contribution < -0.4 is 15.8 Å². The number of benzene rings is 1. The van der Waals surface area contributed by atoms with Crippen molar-refractivity contribution in [3.05, 3.63) is 27.7 Å². The first-order valence-corrected chi connectivity index (χ1v) is 6.56. The average molecular weight is 314 g/mol. The van der Waals surface area contributed by atoms with E-state index in [2.05, 4.69) is 32.5 Å². The van der Waals surface area contributed by atoms with Gasteiger partial charge in [0, 0.05) is 23.0 Å². The molecule has 1 aliphatic heterocycles. The molecule has 1 aliphatic rings. The molecule has 0 saturated heterocycles. The summed E-state index contributed by atoms with van der Waals surface area (Å²) in [6.45, 7) is 3.18. The molecule has 5 nitrogen and oxygen atoms in total. The maximum atomic E-state index is 8.59. The number of oxime groups is 1. The Balaban J connectivity index is 2.10. The fourth-order valence-electron chi connectivity index (χ4n) is 1.93. The molecule has 0 aliphatic carbocycles. The molecule has 6 heteroatoms. The second-order valence-electron chi connectivity index (χ2n) is 4.28. The molecule has 0 bridgehead atoms. The smallest absolute Gasteiger partial charge is 0.156 e. The molecule has 0 saturated carbocycles. The highest BCUT2D eigenvalue weighted by molar-refractivity contribution is 9.10. The summed E-state index contributed by atoms with van der Waals surface area (Å²) < 4.78 is 6.67. The molecule has 1 atom stereocenters. The highest BCUT2D eigenvalue weighted by Crippen LogP contribution is 2.32. The summed E-state index contributed by atoms with van der Waals surface area (Å²) in [4.78, 5) is 0. The normalized spacial score (nSPS) is 16.2. The molecule has 1 heterocycles. The van der Waals surface area contributed by atoms with Crippen LogP contribution in [0.3, 0.4) is 0 Å². The summed E-state index contributed by atoms with van der Waals surface area (Å²) in [7, 11) is 0. The van der Waals surface area contributed by atoms with Gasteiger partial charge in [0.1, 0.15) is 5.75 Å². The van der Waals surface area contributed by atoms with Crippen LogP contribution in [0.2, 0.25) is 0 Å². The van der Waals surface area contributed by atoms with Crippen molar-refractivity contribution in [3.63, 3.8) is 0 Å². The van der Waals surface area contributed by atoms with Crippen molar-refractivity contribution in [2.24, 2.45) is 10.9 Å². The number of amidine groups is 1. The number of nitrogens with two attached hydrogens (primary N) is 1. The Morgan fingerprint density at radius 2 is 2.44 bits per heavy atom. The molecule has 18 heavy (non-hydrogen) atoms. The van der Waals surface area contributed by atoms with Gasteiger partial charge < -0.3 is 21.0 Å². The molecule has 0 fully saturated rings. The van der Waals surface area contributed by atoms with Crippen molar-refractivity contribution >= 4 is 21.8 Å². The molecule has 98 valence electrons. The van der Waals surface area contributed by atoms with Crippen molar-refractivity contribution in [2.45, 2.75) is 25.9 Å². The van der Waals surface area contributed by atoms with E-state index in [1.54, 1.807) is 0 Å². The lowest BCUT2D eigenvalue weighted by molar-refractivity contribution is 0.315. The maximum Gasteiger partial charge on any atom is 0.156 e. The van der Waals surface area contributed by atoms with Gasteiger partial charge in [-0.2, -0.15) is 0 Å². The van der Waals surface area contributed by atoms with Crippen LogP contribution in [0.15, 0.2) is 21.8 Å². The monoisotopic (exact) mass is 313 g/mol. The van der Waals surface area contributed by atoms with Crippen LogP contribution in [0, 0.1) is 0 Å². The average Bonchev–Trinajstić information content (AvgIpc) is 2.82. The first-order chi connectivity index (χ1) is 8.61. The number of hydrogen-bond donors (Lipinski definition) is 3. The number of fused-ring (bicyclic) bond motifs is 1. The Morgan fingerprint density at radius 1 is 1.67 bits per heavy atom. The summed E-state index contributed by atoms with van der Waals surface area (Å²) in [5, 5.41) is 14.8. The van der Waals surface area contributed by atoms with E-state index >= 15 is 0 Å². The molecule has 1 unspecified atom stereocenters. The molecule has 4 N–H and O–H groups in total. The van der Waals surface area contributed by atoms with E-state index < -0.39 is 0 Å². The fourth-order valence-corrected chi connectivity index (χ4v) is 2.48. The van der Waals surface area contributed by atoms with Crippen LogP contribution in [-0.4, -0.2) is 23.7 Å². The minimum absolute atomic E-state index is 0.169. The van der Waals surface area contributed by atoms with Gasteiger partial charge in [-0.3, -0.25) is 0 Å². The molecule has 1 aromatic rings. The predicted molar refractivity (Wildman–Crippen MR) is 73.1 cm³/mol. The third kappa shape index (κ3) is 2.76. The molecule has 1 aromatic carbocycles. The van der Waals surface area contributed by atoms with Crippen LogP contribution in [-0.2, 0) is 13.0 Å². The first kappa shape index (κ1) is 13.2. The van der Waals surface area contributed by atoms with Crippen molar-refractivity contribution in [1.82, 2.24) is 5.32 Å². The summed E-state index contributed by atoms with van der Waals surface area (Å²) in [5.41, 5.74) is 7.82. The predicted octanol–water partition coefficient (Wildman–Crippen LogP) is 1.61. The van der Waals surface area contributed by atoms with Crippen LogP contribution in [0.5, 0.6) is 5.75 Å². The SMILES string of the molecule is CC(NCc1cc(Br)cc2c1OCC2)/C(N)=N/O. The van der Waals surface area contributed by atoms with E-state index in [9.17, 15) is 0 Å². The van der Waals surface area contributed by atoms with Crippen molar-refractivity contribution in [2.75, 3.05) is 6.61 Å². The second kappa shape index (κ2) is 5.58. The Hall–Kier alpha value is -1.27. The van der Waals surface area contributed by atoms with Gasteiger partial charge in [-0.1, -0.05) is 21.1 Å². The van der Waals surface area contributed by atoms with Crippen molar-refractivity contribution in [1.29, 1.82) is 0 Å². The van der Waals surface area contributed by atoms with E-state index in [4.69, 9.17) is 15.7 Å². The standard InChI is InChI=1S/C12H16BrN3O2/c1-7(12(14)16-17)15-6-9-5-10(13)4-8-2-3-18-11(8)9/h4-5,7,15,17H,2-3,6H2,1H3,(H2,14,16). The Morgan fingerprint density at radius 3 is 3.17 bits per heavy atom. The summed E-state index contributed by atoms with van der Waals surface area (Å²) in [6, 6.07) is 3.92. The number of ether oxygens (including phenoxy) is 1. The van der Waals surface area contributed by atoms with Gasteiger partial charge in [0.25, 0.3) is 0 Å². The number of halogens is 1. The molecule has 0 radical (unpaired) electrons. The third-order valence-corrected chi connectivity index (χ3v) is 3.44. The van der Waals surface area contributed by atoms with Gasteiger partial charge in [-0.05, 0) is 24.6 Å². The lowest BCUT2D eigenvalue weighted by Crippen LogP contribution is -2.38. The Labute approximate surface area is 114 Å². The molecular weight excluding hydrogens is 298 g/mol. The lowest BCUT2D eigenvalue weighted by Gasteiger charge is -2.14. The molecule has 2 rings (SSSR count). The highest BCUT2D eigenvalue weighted by Gasteiger charge is 2.18. The van der Waals surface area contributed by atoms with Gasteiger partial charge >= 0.3 is 0 Å². The number of rotatable bonds is 4. The molecule has 0 amide bonds. The number of nitrogens with one attached hydrogen (secondary N) is 1. The van der Waals surface area contributed by atoms with Crippen molar-refractivity contribution in [3.8, 4) is 5.75 Å². The van der Waals surface area contributed by atoms with Gasteiger partial charge in [0.15, 0.2) is 5.84 Å². The second-order valence-corrected chi connectivity index (χ2v) is 5.19. The van der Waals surface area contributed by atoms with Gasteiger partial charge in [-0.25, -0.2) is 0 Å². The van der Waals surface area contributed by atoms with Crippen LogP contribution in [0.1, 0.15) is 18.1 Å². The van der Waals surface area contributed by atoms with Crippen LogP contribution >= 0.6 is 15.9 Å². The fraction of sp³-hybridized carbons (Fsp3) is 0.417. The van der Waals surface area contributed by atoms with E-state index in [0.29, 0.717) is 6.54 Å². The Bertz CT molecular complexity index is 477. The first-order valence-electron chi connectivity index (χ1n) is 5.76. The summed E-state index contributed by atoms with van der Waals surface area (Å²) in [5.74, 6) is 1.12. The number of nitrogens with zero attached hydrogens (tertiary/aromatic N) is 1. The van der Waals surface area contributed by atoms with E-state index in [0.717, 1.165) is 28.8 Å². The van der Waals surface area contributed by atoms with Crippen LogP contribution in [0.25, 0.3) is 0 Å². The summed E-state index contributed by atoms with van der Waals surface area (Å²) in [6.07, 6.45) is 0.942. The van der Waals surface area contributed by atoms with Gasteiger partial charge in [0.05, 0.1) is 12.6 Å². The lowest BCUT2D eigenvalue weighted by atomic mass is 10.1. The quantitative estimate of drug-likeness (QED) is 0.341. The summed E-state index contributed by atoms with van der Waals surface area (Å²) >= 11 is 3.49. The van der Waals surface area contributed by atoms with E-state index in [-0.39, 0.29) is 11.9 Å². The Kier molecular flexibility index (Phi) is 4.08. The van der Waals surface area contributed by atoms with Gasteiger partial charge in [-0.15, -0.1) is 0 Å². The van der Waals surface area contributed by atoms with Crippen LogP contribution in [0.4, 0.5) is 0 Å².